The minimum absolute atomic E-state index is 0.0258. The van der Waals surface area contributed by atoms with Crippen molar-refractivity contribution in [3.63, 3.8) is 0 Å². The number of amides is 1. The number of carbonyl (C=O) groups excluding carboxylic acids is 1. The van der Waals surface area contributed by atoms with E-state index >= 15 is 0 Å². The minimum Gasteiger partial charge on any atom is -0.338 e. The van der Waals surface area contributed by atoms with Crippen LogP contribution in [0.2, 0.25) is 0 Å². The number of nitrogens with zero attached hydrogens (tertiary/aromatic N) is 1. The molecule has 0 rings (SSSR count). The van der Waals surface area contributed by atoms with Gasteiger partial charge >= 0.3 is 0 Å². The maximum atomic E-state index is 11.4. The van der Waals surface area contributed by atoms with E-state index < -0.39 is 5.38 Å². The Labute approximate surface area is 79.2 Å². The van der Waals surface area contributed by atoms with Crippen molar-refractivity contribution in [3.8, 4) is 0 Å². The third kappa shape index (κ3) is 3.77. The quantitative estimate of drug-likeness (QED) is 0.490. The summed E-state index contributed by atoms with van der Waals surface area (Å²) in [5.41, 5.74) is 0.975. The van der Waals surface area contributed by atoms with Gasteiger partial charge in [0.25, 0.3) is 0 Å². The van der Waals surface area contributed by atoms with Gasteiger partial charge in [-0.05, 0) is 20.8 Å². The van der Waals surface area contributed by atoms with E-state index in [1.165, 1.54) is 0 Å². The van der Waals surface area contributed by atoms with Crippen molar-refractivity contribution in [2.24, 2.45) is 0 Å². The SMILES string of the molecule is C=C(C)CN(CC)C(=O)[C@@H](C)Cl. The van der Waals surface area contributed by atoms with Crippen molar-refractivity contribution >= 4 is 17.5 Å². The number of alkyl halides is 1. The normalized spacial score (nSPS) is 12.3. The summed E-state index contributed by atoms with van der Waals surface area (Å²) in [6.45, 7) is 10.5. The monoisotopic (exact) mass is 189 g/mol. The van der Waals surface area contributed by atoms with Crippen LogP contribution < -0.4 is 0 Å². The molecular formula is C9H16ClNO. The van der Waals surface area contributed by atoms with Gasteiger partial charge in [-0.3, -0.25) is 4.79 Å². The molecule has 0 spiro atoms. The van der Waals surface area contributed by atoms with Gasteiger partial charge in [-0.1, -0.05) is 12.2 Å². The van der Waals surface area contributed by atoms with Gasteiger partial charge in [0.1, 0.15) is 5.38 Å². The average molecular weight is 190 g/mol. The van der Waals surface area contributed by atoms with Crippen LogP contribution in [0.1, 0.15) is 20.8 Å². The highest BCUT2D eigenvalue weighted by Gasteiger charge is 2.16. The highest BCUT2D eigenvalue weighted by atomic mass is 35.5. The molecule has 0 aromatic heterocycles. The number of halogens is 1. The van der Waals surface area contributed by atoms with Crippen molar-refractivity contribution < 1.29 is 4.79 Å². The summed E-state index contributed by atoms with van der Waals surface area (Å²) in [6, 6.07) is 0. The zero-order valence-corrected chi connectivity index (χ0v) is 8.69. The molecule has 0 aliphatic heterocycles. The zero-order valence-electron chi connectivity index (χ0n) is 7.93. The maximum Gasteiger partial charge on any atom is 0.240 e. The van der Waals surface area contributed by atoms with Crippen molar-refractivity contribution in [2.45, 2.75) is 26.1 Å². The molecule has 1 atom stereocenters. The molecule has 0 aromatic rings. The number of carbonyl (C=O) groups is 1. The molecule has 0 heterocycles. The lowest BCUT2D eigenvalue weighted by molar-refractivity contribution is -0.129. The summed E-state index contributed by atoms with van der Waals surface area (Å²) in [5, 5.41) is -0.440. The van der Waals surface area contributed by atoms with Gasteiger partial charge in [-0.15, -0.1) is 11.6 Å². The van der Waals surface area contributed by atoms with Gasteiger partial charge in [-0.2, -0.15) is 0 Å². The predicted octanol–water partition coefficient (Wildman–Crippen LogP) is 2.04. The van der Waals surface area contributed by atoms with Crippen LogP contribution in [0.3, 0.4) is 0 Å². The molecule has 0 aliphatic carbocycles. The Hall–Kier alpha value is -0.500. The Balaban J connectivity index is 4.15. The molecule has 0 aromatic carbocycles. The topological polar surface area (TPSA) is 20.3 Å². The van der Waals surface area contributed by atoms with E-state index in [-0.39, 0.29) is 5.91 Å². The van der Waals surface area contributed by atoms with Gasteiger partial charge in [0.05, 0.1) is 0 Å². The Morgan fingerprint density at radius 2 is 2.17 bits per heavy atom. The second-order valence-corrected chi connectivity index (χ2v) is 3.58. The molecule has 0 unspecified atom stereocenters. The van der Waals surface area contributed by atoms with Crippen molar-refractivity contribution in [2.75, 3.05) is 13.1 Å². The average Bonchev–Trinajstić information content (AvgIpc) is 1.98. The Morgan fingerprint density at radius 3 is 2.42 bits per heavy atom. The fourth-order valence-corrected chi connectivity index (χ4v) is 1.06. The summed E-state index contributed by atoms with van der Waals surface area (Å²) in [5.74, 6) is -0.0258. The van der Waals surface area contributed by atoms with Crippen LogP contribution in [0.5, 0.6) is 0 Å². The smallest absolute Gasteiger partial charge is 0.240 e. The fraction of sp³-hybridized carbons (Fsp3) is 0.667. The second-order valence-electron chi connectivity index (χ2n) is 2.93. The molecule has 0 fully saturated rings. The van der Waals surface area contributed by atoms with E-state index in [1.807, 2.05) is 13.8 Å². The van der Waals surface area contributed by atoms with E-state index in [0.717, 1.165) is 5.57 Å². The van der Waals surface area contributed by atoms with Gasteiger partial charge in [0.15, 0.2) is 0 Å². The van der Waals surface area contributed by atoms with Crippen LogP contribution in [0, 0.1) is 0 Å². The lowest BCUT2D eigenvalue weighted by atomic mass is 10.3. The Bertz CT molecular complexity index is 177. The Kier molecular flexibility index (Phi) is 4.98. The molecule has 0 saturated heterocycles. The molecule has 0 N–H and O–H groups in total. The highest BCUT2D eigenvalue weighted by molar-refractivity contribution is 6.30. The molecule has 1 amide bonds. The first-order valence-corrected chi connectivity index (χ1v) is 4.50. The van der Waals surface area contributed by atoms with E-state index in [9.17, 15) is 4.79 Å². The maximum absolute atomic E-state index is 11.4. The van der Waals surface area contributed by atoms with E-state index in [4.69, 9.17) is 11.6 Å². The van der Waals surface area contributed by atoms with Crippen LogP contribution in [0.25, 0.3) is 0 Å². The summed E-state index contributed by atoms with van der Waals surface area (Å²) in [6.07, 6.45) is 0. The number of rotatable bonds is 4. The van der Waals surface area contributed by atoms with E-state index in [0.29, 0.717) is 13.1 Å². The van der Waals surface area contributed by atoms with Crippen molar-refractivity contribution in [1.82, 2.24) is 4.90 Å². The first kappa shape index (κ1) is 11.5. The minimum atomic E-state index is -0.440. The lowest BCUT2D eigenvalue weighted by Crippen LogP contribution is -2.36. The first-order valence-electron chi connectivity index (χ1n) is 4.06. The summed E-state index contributed by atoms with van der Waals surface area (Å²) >= 11 is 5.66. The lowest BCUT2D eigenvalue weighted by Gasteiger charge is -2.21. The summed E-state index contributed by atoms with van der Waals surface area (Å²) in [7, 11) is 0. The number of hydrogen-bond acceptors (Lipinski definition) is 1. The van der Waals surface area contributed by atoms with Crippen molar-refractivity contribution in [1.29, 1.82) is 0 Å². The highest BCUT2D eigenvalue weighted by Crippen LogP contribution is 2.03. The summed E-state index contributed by atoms with van der Waals surface area (Å²) in [4.78, 5) is 13.1. The molecule has 0 aliphatic rings. The molecule has 2 nitrogen and oxygen atoms in total. The largest absolute Gasteiger partial charge is 0.338 e. The van der Waals surface area contributed by atoms with Gasteiger partial charge in [0.2, 0.25) is 5.91 Å². The van der Waals surface area contributed by atoms with E-state index in [1.54, 1.807) is 11.8 Å². The van der Waals surface area contributed by atoms with Crippen LogP contribution in [-0.4, -0.2) is 29.3 Å². The van der Waals surface area contributed by atoms with Gasteiger partial charge < -0.3 is 4.90 Å². The van der Waals surface area contributed by atoms with Crippen molar-refractivity contribution in [3.05, 3.63) is 12.2 Å². The third-order valence-corrected chi connectivity index (χ3v) is 1.68. The van der Waals surface area contributed by atoms with Crippen LogP contribution in [-0.2, 0) is 4.79 Å². The summed E-state index contributed by atoms with van der Waals surface area (Å²) < 4.78 is 0. The third-order valence-electron chi connectivity index (χ3n) is 1.49. The fourth-order valence-electron chi connectivity index (χ4n) is 0.923. The molecule has 0 radical (unpaired) electrons. The second kappa shape index (κ2) is 5.20. The Morgan fingerprint density at radius 1 is 1.67 bits per heavy atom. The molecule has 0 bridgehead atoms. The van der Waals surface area contributed by atoms with Gasteiger partial charge in [-0.25, -0.2) is 0 Å². The molecule has 12 heavy (non-hydrogen) atoms. The van der Waals surface area contributed by atoms with Gasteiger partial charge in [0, 0.05) is 13.1 Å². The van der Waals surface area contributed by atoms with Crippen LogP contribution >= 0.6 is 11.6 Å². The first-order chi connectivity index (χ1) is 5.49. The standard InChI is InChI=1S/C9H16ClNO/c1-5-11(6-7(2)3)9(12)8(4)10/h8H,2,5-6H2,1,3-4H3/t8-/m1/s1. The molecule has 3 heteroatoms. The van der Waals surface area contributed by atoms with Crippen LogP contribution in [0.4, 0.5) is 0 Å². The van der Waals surface area contributed by atoms with E-state index in [2.05, 4.69) is 6.58 Å². The zero-order chi connectivity index (χ0) is 9.72. The van der Waals surface area contributed by atoms with Crippen LogP contribution in [0.15, 0.2) is 12.2 Å². The molecule has 0 saturated carbocycles. The number of likely N-dealkylation sites (N-methyl/N-ethyl adjacent to an activating group) is 1. The molecule has 70 valence electrons. The molecular weight excluding hydrogens is 174 g/mol. The number of hydrogen-bond donors (Lipinski definition) is 0. The predicted molar refractivity (Wildman–Crippen MR) is 52.4 cm³/mol.